The Balaban J connectivity index is 1.55. The van der Waals surface area contributed by atoms with E-state index in [-0.39, 0.29) is 39.7 Å². The molecule has 0 saturated heterocycles. The highest BCUT2D eigenvalue weighted by Crippen LogP contribution is 2.57. The Morgan fingerprint density at radius 3 is 2.42 bits per heavy atom. The number of anilines is 1. The van der Waals surface area contributed by atoms with Crippen LogP contribution >= 0.6 is 11.6 Å². The molecule has 3 saturated carbocycles. The fourth-order valence-electron chi connectivity index (χ4n) is 5.16. The molecule has 0 heterocycles. The Morgan fingerprint density at radius 2 is 1.81 bits per heavy atom. The maximum atomic E-state index is 13.5. The summed E-state index contributed by atoms with van der Waals surface area (Å²) in [5.74, 6) is 1.15. The summed E-state index contributed by atoms with van der Waals surface area (Å²) in [4.78, 5) is 12.4. The zero-order chi connectivity index (χ0) is 26.4. The van der Waals surface area contributed by atoms with E-state index in [2.05, 4.69) is 10.7 Å². The van der Waals surface area contributed by atoms with E-state index in [0.717, 1.165) is 24.4 Å². The summed E-state index contributed by atoms with van der Waals surface area (Å²) in [5, 5.41) is 23.0. The molecule has 5 rings (SSSR count). The van der Waals surface area contributed by atoms with E-state index < -0.39 is 56.2 Å². The molecular weight excluding hydrogens is 518 g/mol. The van der Waals surface area contributed by atoms with E-state index >= 15 is 0 Å². The van der Waals surface area contributed by atoms with Crippen LogP contribution in [0, 0.1) is 23.5 Å². The van der Waals surface area contributed by atoms with E-state index in [0.29, 0.717) is 6.42 Å². The Bertz CT molecular complexity index is 1330. The Hall–Kier alpha value is -2.77. The number of aliphatic hydroxyl groups excluding tert-OH is 1. The number of benzene rings is 2. The third kappa shape index (κ3) is 4.43. The molecule has 2 aromatic rings. The van der Waals surface area contributed by atoms with Crippen LogP contribution in [0.2, 0.25) is 5.02 Å². The number of hydrogen-bond donors (Lipinski definition) is 6. The van der Waals surface area contributed by atoms with Gasteiger partial charge >= 0.3 is 0 Å². The van der Waals surface area contributed by atoms with Crippen LogP contribution in [0.1, 0.15) is 29.6 Å². The van der Waals surface area contributed by atoms with E-state index in [9.17, 15) is 32.2 Å². The predicted molar refractivity (Wildman–Crippen MR) is 128 cm³/mol. The zero-order valence-electron chi connectivity index (χ0n) is 18.8. The van der Waals surface area contributed by atoms with Crippen molar-refractivity contribution in [1.82, 2.24) is 5.43 Å². The Labute approximate surface area is 211 Å². The van der Waals surface area contributed by atoms with Crippen molar-refractivity contribution in [2.45, 2.75) is 41.1 Å². The first-order valence-corrected chi connectivity index (χ1v) is 12.9. The van der Waals surface area contributed by atoms with E-state index in [4.69, 9.17) is 23.2 Å². The van der Waals surface area contributed by atoms with Crippen molar-refractivity contribution in [3.05, 3.63) is 70.5 Å². The summed E-state index contributed by atoms with van der Waals surface area (Å²) in [7, 11) is -4.04. The fraction of sp³-hybridized carbons (Fsp3) is 0.348. The highest BCUT2D eigenvalue weighted by Gasteiger charge is 2.63. The van der Waals surface area contributed by atoms with Crippen LogP contribution in [0.15, 0.2) is 53.2 Å². The molecule has 0 aliphatic heterocycles. The lowest BCUT2D eigenvalue weighted by Crippen LogP contribution is -2.68. The first-order chi connectivity index (χ1) is 16.9. The van der Waals surface area contributed by atoms with E-state index in [1.807, 2.05) is 0 Å². The maximum Gasteiger partial charge on any atom is 0.255 e. The molecule has 3 unspecified atom stereocenters. The summed E-state index contributed by atoms with van der Waals surface area (Å²) in [6.07, 6.45) is 0.358. The van der Waals surface area contributed by atoms with Crippen molar-refractivity contribution in [3.8, 4) is 0 Å². The number of fused-ring (bicyclic) bond motifs is 2. The van der Waals surface area contributed by atoms with Crippen molar-refractivity contribution in [3.63, 3.8) is 0 Å². The Morgan fingerprint density at radius 1 is 1.14 bits per heavy atom. The maximum absolute atomic E-state index is 13.5. The number of aliphatic hydroxyl groups is 2. The monoisotopic (exact) mass is 542 g/mol. The normalized spacial score (nSPS) is 26.6. The molecule has 0 spiro atoms. The lowest BCUT2D eigenvalue weighted by Gasteiger charge is -2.60. The molecule has 3 fully saturated rings. The second kappa shape index (κ2) is 9.60. The molecule has 2 bridgehead atoms. The molecule has 2 aromatic carbocycles. The first kappa shape index (κ1) is 26.3. The lowest BCUT2D eigenvalue weighted by molar-refractivity contribution is -0.221. The van der Waals surface area contributed by atoms with Crippen LogP contribution in [-0.4, -0.2) is 41.5 Å². The largest absolute Gasteiger partial charge is 0.399 e. The van der Waals surface area contributed by atoms with Gasteiger partial charge < -0.3 is 26.7 Å². The van der Waals surface area contributed by atoms with Gasteiger partial charge in [0.15, 0.2) is 21.5 Å². The fourth-order valence-corrected chi connectivity index (χ4v) is 7.56. The van der Waals surface area contributed by atoms with Gasteiger partial charge in [0, 0.05) is 23.5 Å². The molecule has 0 radical (unpaired) electrons. The lowest BCUT2D eigenvalue weighted by atomic mass is 9.51. The number of nitrogens with two attached hydrogens (primary N) is 2. The highest BCUT2D eigenvalue weighted by molar-refractivity contribution is 7.92. The van der Waals surface area contributed by atoms with Gasteiger partial charge in [-0.05, 0) is 61.4 Å². The molecule has 13 heteroatoms. The van der Waals surface area contributed by atoms with Gasteiger partial charge in [0.2, 0.25) is 0 Å². The van der Waals surface area contributed by atoms with Gasteiger partial charge in [-0.3, -0.25) is 10.6 Å². The van der Waals surface area contributed by atoms with Gasteiger partial charge in [-0.15, -0.1) is 0 Å². The summed E-state index contributed by atoms with van der Waals surface area (Å²) in [6.45, 7) is 0. The second-order valence-electron chi connectivity index (χ2n) is 9.10. The molecule has 9 nitrogen and oxygen atoms in total. The van der Waals surface area contributed by atoms with Crippen molar-refractivity contribution in [2.75, 3.05) is 5.32 Å². The number of rotatable bonds is 7. The quantitative estimate of drug-likeness (QED) is 0.227. The van der Waals surface area contributed by atoms with Gasteiger partial charge in [0.1, 0.15) is 11.7 Å². The van der Waals surface area contributed by atoms with Gasteiger partial charge in [0.05, 0.1) is 20.9 Å². The van der Waals surface area contributed by atoms with E-state index in [1.165, 1.54) is 18.2 Å². The van der Waals surface area contributed by atoms with Crippen LogP contribution < -0.4 is 22.3 Å². The average molecular weight is 543 g/mol. The van der Waals surface area contributed by atoms with Crippen LogP contribution in [-0.2, 0) is 9.84 Å². The summed E-state index contributed by atoms with van der Waals surface area (Å²) in [6, 6.07) is 6.52. The first-order valence-electron chi connectivity index (χ1n) is 11.0. The Kier molecular flexibility index (Phi) is 7.01. The van der Waals surface area contributed by atoms with Crippen molar-refractivity contribution in [2.24, 2.45) is 23.4 Å². The number of carbonyl (C=O) groups is 1. The molecule has 3 aliphatic rings. The minimum Gasteiger partial charge on any atom is -0.399 e. The van der Waals surface area contributed by atoms with Gasteiger partial charge in [0.25, 0.3) is 5.91 Å². The SMILES string of the molecule is NN/C=C(\N)C(O)C1(O)C2CC1CC(S(=O)(=O)c1cc(C(=O)Nc3ccc(F)c(F)c3)ccc1Cl)C2. The van der Waals surface area contributed by atoms with Crippen LogP contribution in [0.25, 0.3) is 0 Å². The van der Waals surface area contributed by atoms with Gasteiger partial charge in [-0.25, -0.2) is 17.2 Å². The van der Waals surface area contributed by atoms with E-state index in [1.54, 1.807) is 0 Å². The molecule has 36 heavy (non-hydrogen) atoms. The van der Waals surface area contributed by atoms with Crippen LogP contribution in [0.5, 0.6) is 0 Å². The van der Waals surface area contributed by atoms with Crippen molar-refractivity contribution >= 4 is 33.0 Å². The number of sulfone groups is 1. The smallest absolute Gasteiger partial charge is 0.255 e. The van der Waals surface area contributed by atoms with Crippen molar-refractivity contribution in [1.29, 1.82) is 0 Å². The number of hydrogen-bond acceptors (Lipinski definition) is 8. The molecule has 3 atom stereocenters. The zero-order valence-corrected chi connectivity index (χ0v) is 20.4. The topological polar surface area (TPSA) is 168 Å². The number of carbonyl (C=O) groups excluding carboxylic acids is 1. The minimum absolute atomic E-state index is 0.0124. The van der Waals surface area contributed by atoms with Crippen molar-refractivity contribution < 1.29 is 32.2 Å². The summed E-state index contributed by atoms with van der Waals surface area (Å²) < 4.78 is 53.6. The van der Waals surface area contributed by atoms with Gasteiger partial charge in [-0.2, -0.15) is 0 Å². The highest BCUT2D eigenvalue weighted by atomic mass is 35.5. The summed E-state index contributed by atoms with van der Waals surface area (Å²) >= 11 is 6.20. The predicted octanol–water partition coefficient (Wildman–Crippen LogP) is 1.80. The molecule has 1 amide bonds. The third-order valence-electron chi connectivity index (χ3n) is 7.09. The number of halogens is 3. The molecule has 0 aromatic heterocycles. The van der Waals surface area contributed by atoms with Gasteiger partial charge in [-0.1, -0.05) is 11.6 Å². The summed E-state index contributed by atoms with van der Waals surface area (Å²) in [5.41, 5.74) is 6.24. The molecular formula is C23H25ClF2N4O5S. The molecule has 8 N–H and O–H groups in total. The third-order valence-corrected chi connectivity index (χ3v) is 9.75. The number of nitrogens with one attached hydrogen (secondary N) is 2. The molecule has 3 aliphatic carbocycles. The number of hydrazine groups is 1. The molecule has 194 valence electrons. The second-order valence-corrected chi connectivity index (χ2v) is 11.7. The number of amides is 1. The minimum atomic E-state index is -4.04. The average Bonchev–Trinajstić information content (AvgIpc) is 2.85. The standard InChI is InChI=1S/C23H25ClF2N4O5S/c24-16-3-1-11(22(32)30-14-2-4-17(25)18(26)9-14)5-20(16)36(34,35)15-7-12-6-13(8-15)23(12,33)21(31)19(27)10-29-28/h1-5,9-10,12-13,15,21,29,31,33H,6-8,27-28H2,(H,30,32)/b19-10-. The van der Waals surface area contributed by atoms with Crippen LogP contribution in [0.4, 0.5) is 14.5 Å². The van der Waals surface area contributed by atoms with Crippen LogP contribution in [0.3, 0.4) is 0 Å².